The van der Waals surface area contributed by atoms with Gasteiger partial charge in [0.2, 0.25) is 5.91 Å². The first-order valence-electron chi connectivity index (χ1n) is 6.63. The summed E-state index contributed by atoms with van der Waals surface area (Å²) in [6.07, 6.45) is 2.96. The van der Waals surface area contributed by atoms with Crippen molar-refractivity contribution in [1.82, 2.24) is 4.90 Å². The Morgan fingerprint density at radius 1 is 1.40 bits per heavy atom. The van der Waals surface area contributed by atoms with Crippen molar-refractivity contribution in [2.45, 2.75) is 26.7 Å². The summed E-state index contributed by atoms with van der Waals surface area (Å²) in [7, 11) is 0. The molecule has 0 saturated heterocycles. The van der Waals surface area contributed by atoms with Crippen molar-refractivity contribution >= 4 is 29.1 Å². The molecule has 110 valence electrons. The number of nitrogens with two attached hydrogens (primary N) is 1. The van der Waals surface area contributed by atoms with Gasteiger partial charge in [-0.1, -0.05) is 42.3 Å². The van der Waals surface area contributed by atoms with Crippen LogP contribution < -0.4 is 5.73 Å². The SMILES string of the molecule is C/C=C(/Cc1ccc(Cl)cc1Cl)N(CCN)C(=O)CC. The van der Waals surface area contributed by atoms with E-state index in [4.69, 9.17) is 28.9 Å². The van der Waals surface area contributed by atoms with Crippen LogP contribution in [0.5, 0.6) is 0 Å². The molecule has 0 fully saturated rings. The van der Waals surface area contributed by atoms with E-state index >= 15 is 0 Å². The summed E-state index contributed by atoms with van der Waals surface area (Å²) < 4.78 is 0. The number of nitrogens with zero attached hydrogens (tertiary/aromatic N) is 1. The molecule has 0 aliphatic carbocycles. The normalized spacial score (nSPS) is 11.6. The van der Waals surface area contributed by atoms with Crippen LogP contribution in [0.25, 0.3) is 0 Å². The molecule has 1 amide bonds. The third-order valence-electron chi connectivity index (χ3n) is 3.02. The van der Waals surface area contributed by atoms with Gasteiger partial charge in [-0.2, -0.15) is 0 Å². The molecule has 0 heterocycles. The molecular weight excluding hydrogens is 295 g/mol. The van der Waals surface area contributed by atoms with Crippen molar-refractivity contribution in [2.24, 2.45) is 5.73 Å². The van der Waals surface area contributed by atoms with Crippen molar-refractivity contribution in [3.8, 4) is 0 Å². The molecule has 1 rings (SSSR count). The van der Waals surface area contributed by atoms with Crippen LogP contribution >= 0.6 is 23.2 Å². The lowest BCUT2D eigenvalue weighted by Crippen LogP contribution is -2.35. The Kier molecular flexibility index (Phi) is 7.06. The second-order valence-electron chi connectivity index (χ2n) is 4.38. The Morgan fingerprint density at radius 2 is 2.10 bits per heavy atom. The first kappa shape index (κ1) is 17.0. The van der Waals surface area contributed by atoms with E-state index in [0.29, 0.717) is 36.0 Å². The van der Waals surface area contributed by atoms with Crippen LogP contribution in [0.4, 0.5) is 0 Å². The summed E-state index contributed by atoms with van der Waals surface area (Å²) in [5.41, 5.74) is 7.44. The average molecular weight is 315 g/mol. The van der Waals surface area contributed by atoms with E-state index in [0.717, 1.165) is 11.3 Å². The van der Waals surface area contributed by atoms with E-state index in [-0.39, 0.29) is 5.91 Å². The van der Waals surface area contributed by atoms with Gasteiger partial charge in [-0.25, -0.2) is 0 Å². The third-order valence-corrected chi connectivity index (χ3v) is 3.61. The standard InChI is InChI=1S/C15H20Cl2N2O/c1-3-13(19(8-7-18)15(20)4-2)9-11-5-6-12(16)10-14(11)17/h3,5-6,10H,4,7-9,18H2,1-2H3/b13-3-. The zero-order valence-corrected chi connectivity index (χ0v) is 13.3. The number of halogens is 2. The van der Waals surface area contributed by atoms with Gasteiger partial charge in [0.15, 0.2) is 0 Å². The molecule has 2 N–H and O–H groups in total. The van der Waals surface area contributed by atoms with Gasteiger partial charge in [-0.05, 0) is 24.6 Å². The second-order valence-corrected chi connectivity index (χ2v) is 5.22. The Labute approximate surface area is 130 Å². The zero-order chi connectivity index (χ0) is 15.1. The average Bonchev–Trinajstić information content (AvgIpc) is 2.44. The van der Waals surface area contributed by atoms with Crippen LogP contribution in [-0.4, -0.2) is 23.9 Å². The van der Waals surface area contributed by atoms with Crippen LogP contribution in [-0.2, 0) is 11.2 Å². The lowest BCUT2D eigenvalue weighted by Gasteiger charge is -2.25. The van der Waals surface area contributed by atoms with Crippen LogP contribution in [0, 0.1) is 0 Å². The molecule has 5 heteroatoms. The summed E-state index contributed by atoms with van der Waals surface area (Å²) in [6, 6.07) is 5.39. The molecule has 1 aromatic rings. The molecule has 0 spiro atoms. The maximum Gasteiger partial charge on any atom is 0.226 e. The monoisotopic (exact) mass is 314 g/mol. The van der Waals surface area contributed by atoms with Gasteiger partial charge in [0, 0.05) is 41.7 Å². The minimum atomic E-state index is 0.0636. The Morgan fingerprint density at radius 3 is 2.60 bits per heavy atom. The van der Waals surface area contributed by atoms with E-state index < -0.39 is 0 Å². The maximum atomic E-state index is 12.0. The summed E-state index contributed by atoms with van der Waals surface area (Å²) in [6.45, 7) is 4.69. The van der Waals surface area contributed by atoms with Crippen molar-refractivity contribution in [3.63, 3.8) is 0 Å². The molecule has 1 aromatic carbocycles. The highest BCUT2D eigenvalue weighted by atomic mass is 35.5. The van der Waals surface area contributed by atoms with E-state index in [1.807, 2.05) is 26.0 Å². The topological polar surface area (TPSA) is 46.3 Å². The van der Waals surface area contributed by atoms with Gasteiger partial charge >= 0.3 is 0 Å². The van der Waals surface area contributed by atoms with Gasteiger partial charge in [-0.3, -0.25) is 4.79 Å². The van der Waals surface area contributed by atoms with Crippen molar-refractivity contribution in [3.05, 3.63) is 45.6 Å². The molecule has 0 aliphatic heterocycles. The first-order valence-corrected chi connectivity index (χ1v) is 7.38. The number of rotatable bonds is 6. The zero-order valence-electron chi connectivity index (χ0n) is 11.8. The van der Waals surface area contributed by atoms with Crippen LogP contribution in [0.2, 0.25) is 10.0 Å². The molecule has 0 unspecified atom stereocenters. The van der Waals surface area contributed by atoms with Gasteiger partial charge in [0.05, 0.1) is 0 Å². The largest absolute Gasteiger partial charge is 0.329 e. The van der Waals surface area contributed by atoms with Crippen molar-refractivity contribution in [1.29, 1.82) is 0 Å². The number of allylic oxidation sites excluding steroid dienone is 2. The summed E-state index contributed by atoms with van der Waals surface area (Å²) in [5.74, 6) is 0.0636. The lowest BCUT2D eigenvalue weighted by molar-refractivity contribution is -0.128. The minimum Gasteiger partial charge on any atom is -0.329 e. The van der Waals surface area contributed by atoms with Gasteiger partial charge < -0.3 is 10.6 Å². The van der Waals surface area contributed by atoms with E-state index in [1.54, 1.807) is 17.0 Å². The van der Waals surface area contributed by atoms with E-state index in [1.165, 1.54) is 0 Å². The van der Waals surface area contributed by atoms with Gasteiger partial charge in [-0.15, -0.1) is 0 Å². The number of hydrogen-bond acceptors (Lipinski definition) is 2. The molecule has 20 heavy (non-hydrogen) atoms. The van der Waals surface area contributed by atoms with Crippen molar-refractivity contribution in [2.75, 3.05) is 13.1 Å². The fourth-order valence-corrected chi connectivity index (χ4v) is 2.44. The number of hydrogen-bond donors (Lipinski definition) is 1. The lowest BCUT2D eigenvalue weighted by atomic mass is 10.1. The van der Waals surface area contributed by atoms with E-state index in [2.05, 4.69) is 0 Å². The number of carbonyl (C=O) groups excluding carboxylic acids is 1. The summed E-state index contributed by atoms with van der Waals surface area (Å²) >= 11 is 12.1. The molecule has 3 nitrogen and oxygen atoms in total. The summed E-state index contributed by atoms with van der Waals surface area (Å²) in [4.78, 5) is 13.7. The highest BCUT2D eigenvalue weighted by molar-refractivity contribution is 6.35. The highest BCUT2D eigenvalue weighted by Crippen LogP contribution is 2.24. The Bertz CT molecular complexity index is 501. The summed E-state index contributed by atoms with van der Waals surface area (Å²) in [5, 5.41) is 1.21. The van der Waals surface area contributed by atoms with Gasteiger partial charge in [0.25, 0.3) is 0 Å². The fourth-order valence-electron chi connectivity index (χ4n) is 1.96. The molecule has 0 aromatic heterocycles. The molecule has 0 bridgehead atoms. The van der Waals surface area contributed by atoms with Crippen molar-refractivity contribution < 1.29 is 4.79 Å². The van der Waals surface area contributed by atoms with Gasteiger partial charge in [0.1, 0.15) is 0 Å². The Balaban J connectivity index is 2.97. The molecule has 0 atom stereocenters. The predicted octanol–water partition coefficient (Wildman–Crippen LogP) is 3.64. The maximum absolute atomic E-state index is 12.0. The first-order chi connectivity index (χ1) is 9.53. The Hall–Kier alpha value is -1.03. The number of carbonyl (C=O) groups is 1. The quantitative estimate of drug-likeness (QED) is 0.871. The predicted molar refractivity (Wildman–Crippen MR) is 85.0 cm³/mol. The highest BCUT2D eigenvalue weighted by Gasteiger charge is 2.16. The number of benzene rings is 1. The fraction of sp³-hybridized carbons (Fsp3) is 0.400. The molecular formula is C15H20Cl2N2O. The van der Waals surface area contributed by atoms with Crippen LogP contribution in [0.1, 0.15) is 25.8 Å². The van der Waals surface area contributed by atoms with Crippen LogP contribution in [0.15, 0.2) is 30.0 Å². The molecule has 0 saturated carbocycles. The third kappa shape index (κ3) is 4.51. The molecule has 0 radical (unpaired) electrons. The smallest absolute Gasteiger partial charge is 0.226 e. The number of amides is 1. The minimum absolute atomic E-state index is 0.0636. The molecule has 0 aliphatic rings. The van der Waals surface area contributed by atoms with Crippen LogP contribution in [0.3, 0.4) is 0 Å². The second kappa shape index (κ2) is 8.30. The van der Waals surface area contributed by atoms with E-state index in [9.17, 15) is 4.79 Å².